The molecule has 0 fully saturated rings. The van der Waals surface area contributed by atoms with Crippen LogP contribution in [0, 0.1) is 11.8 Å². The Kier molecular flexibility index (Phi) is 8.44. The summed E-state index contributed by atoms with van der Waals surface area (Å²) in [5.41, 5.74) is 12.4. The molecular weight excluding hydrogens is 488 g/mol. The molecule has 0 aliphatic carbocycles. The van der Waals surface area contributed by atoms with Crippen LogP contribution in [0.15, 0.2) is 4.99 Å². The van der Waals surface area contributed by atoms with Crippen LogP contribution in [0.2, 0.25) is 0 Å². The molecule has 5 heterocycles. The van der Waals surface area contributed by atoms with Crippen LogP contribution >= 0.6 is 0 Å². The minimum atomic E-state index is 0.197. The number of aromatic nitrogens is 3. The molecule has 3 atom stereocenters. The molecule has 3 unspecified atom stereocenters. The topological polar surface area (TPSA) is 59.7 Å². The van der Waals surface area contributed by atoms with E-state index >= 15 is 0 Å². The van der Waals surface area contributed by atoms with Gasteiger partial charge in [0.1, 0.15) is 0 Å². The van der Waals surface area contributed by atoms with Gasteiger partial charge >= 0.3 is 0 Å². The SMILES string of the molecule is CCc1c2[nH]c(c1CC)/C=c1\[nH]/c(c(CC)c1CC)=C\C1N=C(C=c3[nH]c(c(CC)c3CC)=C2)C(CC)C1CC. The van der Waals surface area contributed by atoms with Gasteiger partial charge in [0.15, 0.2) is 0 Å². The molecular formula is C36H50N4. The minimum absolute atomic E-state index is 0.197. The molecule has 2 aliphatic heterocycles. The van der Waals surface area contributed by atoms with E-state index in [2.05, 4.69) is 94.6 Å². The Morgan fingerprint density at radius 1 is 0.525 bits per heavy atom. The van der Waals surface area contributed by atoms with Crippen molar-refractivity contribution in [2.75, 3.05) is 0 Å². The smallest absolute Gasteiger partial charge is 0.0740 e. The van der Waals surface area contributed by atoms with Crippen molar-refractivity contribution in [3.05, 3.63) is 66.2 Å². The lowest BCUT2D eigenvalue weighted by Crippen LogP contribution is -2.24. The Balaban J connectivity index is 1.94. The maximum Gasteiger partial charge on any atom is 0.0740 e. The van der Waals surface area contributed by atoms with E-state index in [1.807, 2.05) is 0 Å². The minimum Gasteiger partial charge on any atom is -0.355 e. The summed E-state index contributed by atoms with van der Waals surface area (Å²) in [6.45, 7) is 18.4. The molecule has 0 aromatic carbocycles. The van der Waals surface area contributed by atoms with Gasteiger partial charge in [-0.3, -0.25) is 4.99 Å². The second-order valence-electron chi connectivity index (χ2n) is 11.6. The van der Waals surface area contributed by atoms with Crippen molar-refractivity contribution in [3.8, 4) is 0 Å². The monoisotopic (exact) mass is 538 g/mol. The summed E-state index contributed by atoms with van der Waals surface area (Å²) in [4.78, 5) is 17.1. The number of nitrogens with one attached hydrogen (secondary N) is 3. The molecule has 0 radical (unpaired) electrons. The number of H-pyrrole nitrogens is 3. The van der Waals surface area contributed by atoms with Crippen molar-refractivity contribution in [3.63, 3.8) is 0 Å². The van der Waals surface area contributed by atoms with Gasteiger partial charge in [-0.25, -0.2) is 0 Å². The lowest BCUT2D eigenvalue weighted by molar-refractivity contribution is 0.403. The number of hydrogen-bond acceptors (Lipinski definition) is 1. The Morgan fingerprint density at radius 2 is 0.975 bits per heavy atom. The fourth-order valence-corrected chi connectivity index (χ4v) is 7.82. The molecule has 5 rings (SSSR count). The number of hydrogen-bond donors (Lipinski definition) is 3. The van der Waals surface area contributed by atoms with Gasteiger partial charge in [-0.1, -0.05) is 61.8 Å². The summed E-state index contributed by atoms with van der Waals surface area (Å²) in [7, 11) is 0. The Bertz CT molecular complexity index is 1650. The van der Waals surface area contributed by atoms with E-state index in [1.54, 1.807) is 0 Å². The standard InChI is InChI=1S/C36H50N4/c1-9-21-22(10-2)30-18-32-25(13-5)26(14-6)34(39-32)20-36-28(16-8)27(15-7)35(40-36)19-33-24(12-4)23(11-3)31(38-33)17-29(21)37-30/h17-22,29,38-40H,9-16H2,1-8H3/b31-17-,32-18?,33-19-,34-20?. The predicted molar refractivity (Wildman–Crippen MR) is 172 cm³/mol. The Morgan fingerprint density at radius 3 is 1.43 bits per heavy atom. The van der Waals surface area contributed by atoms with E-state index in [0.717, 1.165) is 51.4 Å². The number of rotatable bonds is 8. The third-order valence-electron chi connectivity index (χ3n) is 9.72. The fraction of sp³-hybridized carbons (Fsp3) is 0.528. The molecule has 3 N–H and O–H groups in total. The van der Waals surface area contributed by atoms with E-state index in [4.69, 9.17) is 4.99 Å². The number of fused-ring (bicyclic) bond motifs is 7. The van der Waals surface area contributed by atoms with Crippen LogP contribution in [-0.2, 0) is 38.5 Å². The normalized spacial score (nSPS) is 21.7. The second-order valence-corrected chi connectivity index (χ2v) is 11.6. The van der Waals surface area contributed by atoms with Gasteiger partial charge in [0.05, 0.1) is 6.04 Å². The largest absolute Gasteiger partial charge is 0.355 e. The zero-order valence-electron chi connectivity index (χ0n) is 26.1. The molecule has 4 nitrogen and oxygen atoms in total. The molecule has 40 heavy (non-hydrogen) atoms. The lowest BCUT2D eigenvalue weighted by Gasteiger charge is -2.20. The zero-order valence-corrected chi connectivity index (χ0v) is 26.1. The molecule has 0 spiro atoms. The quantitative estimate of drug-likeness (QED) is 0.355. The van der Waals surface area contributed by atoms with E-state index in [0.29, 0.717) is 11.8 Å². The highest BCUT2D eigenvalue weighted by Gasteiger charge is 2.34. The van der Waals surface area contributed by atoms with Crippen molar-refractivity contribution in [1.29, 1.82) is 0 Å². The van der Waals surface area contributed by atoms with Crippen LogP contribution in [0.4, 0.5) is 0 Å². The zero-order chi connectivity index (χ0) is 28.6. The van der Waals surface area contributed by atoms with Gasteiger partial charge in [-0.15, -0.1) is 0 Å². The number of aliphatic imine (C=N–C) groups is 1. The molecule has 4 heteroatoms. The molecule has 0 saturated heterocycles. The number of nitrogens with zero attached hydrogens (tertiary/aromatic N) is 1. The lowest BCUT2D eigenvalue weighted by atomic mass is 9.82. The van der Waals surface area contributed by atoms with Crippen molar-refractivity contribution in [1.82, 2.24) is 15.0 Å². The average Bonchev–Trinajstić information content (AvgIpc) is 3.67. The Labute approximate surface area is 240 Å². The summed E-state index contributed by atoms with van der Waals surface area (Å²) in [5.74, 6) is 1.01. The molecule has 3 aromatic heterocycles. The van der Waals surface area contributed by atoms with E-state index < -0.39 is 0 Å². The maximum atomic E-state index is 5.46. The van der Waals surface area contributed by atoms with Crippen molar-refractivity contribution < 1.29 is 0 Å². The highest BCUT2D eigenvalue weighted by molar-refractivity contribution is 6.13. The predicted octanol–water partition coefficient (Wildman–Crippen LogP) is 5.15. The summed E-state index contributed by atoms with van der Waals surface area (Å²) >= 11 is 0. The van der Waals surface area contributed by atoms with Crippen LogP contribution in [0.25, 0.3) is 24.3 Å². The van der Waals surface area contributed by atoms with Crippen LogP contribution in [0.3, 0.4) is 0 Å². The van der Waals surface area contributed by atoms with Crippen LogP contribution in [0.5, 0.6) is 0 Å². The molecule has 0 amide bonds. The first kappa shape index (κ1) is 28.5. The van der Waals surface area contributed by atoms with Crippen LogP contribution in [-0.4, -0.2) is 26.7 Å². The van der Waals surface area contributed by atoms with E-state index in [9.17, 15) is 0 Å². The molecule has 8 bridgehead atoms. The van der Waals surface area contributed by atoms with Gasteiger partial charge in [0.2, 0.25) is 0 Å². The maximum absolute atomic E-state index is 5.46. The Hall–Kier alpha value is -3.01. The second kappa shape index (κ2) is 11.8. The van der Waals surface area contributed by atoms with Crippen LogP contribution < -0.4 is 21.4 Å². The average molecular weight is 539 g/mol. The highest BCUT2D eigenvalue weighted by atomic mass is 14.9. The van der Waals surface area contributed by atoms with Gasteiger partial charge in [0, 0.05) is 44.4 Å². The molecule has 0 saturated carbocycles. The van der Waals surface area contributed by atoms with E-state index in [-0.39, 0.29) is 6.04 Å². The molecule has 214 valence electrons. The van der Waals surface area contributed by atoms with Gasteiger partial charge in [0.25, 0.3) is 0 Å². The first-order chi connectivity index (χ1) is 19.5. The van der Waals surface area contributed by atoms with Gasteiger partial charge in [-0.05, 0) is 109 Å². The van der Waals surface area contributed by atoms with Crippen molar-refractivity contribution >= 4 is 30.0 Å². The first-order valence-corrected chi connectivity index (χ1v) is 16.1. The molecule has 3 aromatic rings. The van der Waals surface area contributed by atoms with Crippen molar-refractivity contribution in [2.45, 2.75) is 113 Å². The summed E-state index contributed by atoms with van der Waals surface area (Å²) in [6.07, 6.45) is 18.0. The highest BCUT2D eigenvalue weighted by Crippen LogP contribution is 2.34. The number of aromatic amines is 3. The third kappa shape index (κ3) is 4.67. The summed E-state index contributed by atoms with van der Waals surface area (Å²) < 4.78 is 0. The fourth-order valence-electron chi connectivity index (χ4n) is 7.82. The van der Waals surface area contributed by atoms with Crippen LogP contribution in [0.1, 0.15) is 113 Å². The summed E-state index contributed by atoms with van der Waals surface area (Å²) in [6, 6.07) is 0.197. The van der Waals surface area contributed by atoms with Gasteiger partial charge in [-0.2, -0.15) is 0 Å². The first-order valence-electron chi connectivity index (χ1n) is 16.1. The molecule has 2 aliphatic rings. The van der Waals surface area contributed by atoms with E-state index in [1.165, 1.54) is 71.9 Å². The summed E-state index contributed by atoms with van der Waals surface area (Å²) in [5, 5.41) is 5.02. The van der Waals surface area contributed by atoms with Crippen molar-refractivity contribution in [2.24, 2.45) is 16.8 Å². The third-order valence-corrected chi connectivity index (χ3v) is 9.72. The van der Waals surface area contributed by atoms with Gasteiger partial charge < -0.3 is 15.0 Å².